The molecule has 0 saturated carbocycles. The van der Waals surface area contributed by atoms with Gasteiger partial charge in [0, 0.05) is 6.54 Å². The molecule has 144 valence electrons. The standard InChI is InChI=1S/C22H21NO4S/c24-20-7-6-18(27-14-16-4-2-1-3-5-16)12-19(20)22(25)23-9-10-26-21(13-23)17-8-11-28-15-17/h1-8,11-12,15,21,24H,9-10,13-14H2/t21-/m0/s1. The molecular formula is C22H21NO4S. The number of phenols is 1. The number of aromatic hydroxyl groups is 1. The van der Waals surface area contributed by atoms with Crippen LogP contribution in [0.2, 0.25) is 0 Å². The second-order valence-electron chi connectivity index (χ2n) is 6.62. The summed E-state index contributed by atoms with van der Waals surface area (Å²) in [5.74, 6) is 0.287. The molecule has 0 aliphatic carbocycles. The molecule has 28 heavy (non-hydrogen) atoms. The number of carbonyl (C=O) groups excluding carboxylic acids is 1. The van der Waals surface area contributed by atoms with Crippen LogP contribution in [0.3, 0.4) is 0 Å². The Bertz CT molecular complexity index is 927. The summed E-state index contributed by atoms with van der Waals surface area (Å²) in [6.45, 7) is 1.83. The Hall–Kier alpha value is -2.83. The van der Waals surface area contributed by atoms with Crippen LogP contribution in [-0.2, 0) is 11.3 Å². The summed E-state index contributed by atoms with van der Waals surface area (Å²) < 4.78 is 11.6. The maximum absolute atomic E-state index is 13.0. The molecule has 1 saturated heterocycles. The minimum Gasteiger partial charge on any atom is -0.507 e. The van der Waals surface area contributed by atoms with Gasteiger partial charge in [-0.25, -0.2) is 0 Å². The first-order valence-electron chi connectivity index (χ1n) is 9.13. The van der Waals surface area contributed by atoms with Crippen LogP contribution in [-0.4, -0.2) is 35.6 Å². The van der Waals surface area contributed by atoms with E-state index in [-0.39, 0.29) is 23.3 Å². The van der Waals surface area contributed by atoms with E-state index in [0.717, 1.165) is 11.1 Å². The van der Waals surface area contributed by atoms with E-state index in [0.29, 0.717) is 32.1 Å². The molecule has 5 nitrogen and oxygen atoms in total. The van der Waals surface area contributed by atoms with Crippen LogP contribution in [0.5, 0.6) is 11.5 Å². The Morgan fingerprint density at radius 3 is 2.86 bits per heavy atom. The fourth-order valence-electron chi connectivity index (χ4n) is 3.18. The molecule has 1 aliphatic heterocycles. The molecule has 1 amide bonds. The lowest BCUT2D eigenvalue weighted by molar-refractivity contribution is -0.0227. The predicted molar refractivity (Wildman–Crippen MR) is 108 cm³/mol. The number of benzene rings is 2. The van der Waals surface area contributed by atoms with Gasteiger partial charge in [0.1, 0.15) is 24.2 Å². The van der Waals surface area contributed by atoms with E-state index in [4.69, 9.17) is 9.47 Å². The van der Waals surface area contributed by atoms with Crippen LogP contribution in [0.25, 0.3) is 0 Å². The fraction of sp³-hybridized carbons (Fsp3) is 0.227. The molecule has 3 aromatic rings. The van der Waals surface area contributed by atoms with E-state index in [2.05, 4.69) is 0 Å². The third kappa shape index (κ3) is 4.18. The SMILES string of the molecule is O=C(c1cc(OCc2ccccc2)ccc1O)N1CCO[C@H](c2ccsc2)C1. The van der Waals surface area contributed by atoms with Gasteiger partial charge in [-0.2, -0.15) is 11.3 Å². The molecule has 6 heteroatoms. The average molecular weight is 395 g/mol. The maximum Gasteiger partial charge on any atom is 0.257 e. The van der Waals surface area contributed by atoms with Crippen LogP contribution in [0.4, 0.5) is 0 Å². The van der Waals surface area contributed by atoms with E-state index in [1.807, 2.05) is 47.2 Å². The Balaban J connectivity index is 1.47. The Morgan fingerprint density at radius 2 is 2.07 bits per heavy atom. The molecule has 1 N–H and O–H groups in total. The van der Waals surface area contributed by atoms with Crippen LogP contribution < -0.4 is 4.74 Å². The second-order valence-corrected chi connectivity index (χ2v) is 7.40. The summed E-state index contributed by atoms with van der Waals surface area (Å²) in [6.07, 6.45) is -0.136. The second kappa shape index (κ2) is 8.46. The molecule has 2 heterocycles. The summed E-state index contributed by atoms with van der Waals surface area (Å²) in [7, 11) is 0. The van der Waals surface area contributed by atoms with Gasteiger partial charge in [0.2, 0.25) is 0 Å². The lowest BCUT2D eigenvalue weighted by Crippen LogP contribution is -2.42. The number of carbonyl (C=O) groups is 1. The van der Waals surface area contributed by atoms with E-state index in [1.54, 1.807) is 28.4 Å². The summed E-state index contributed by atoms with van der Waals surface area (Å²) in [4.78, 5) is 14.7. The van der Waals surface area contributed by atoms with Gasteiger partial charge >= 0.3 is 0 Å². The molecule has 1 fully saturated rings. The molecule has 1 aromatic heterocycles. The van der Waals surface area contributed by atoms with Crippen LogP contribution in [0, 0.1) is 0 Å². The van der Waals surface area contributed by atoms with Crippen LogP contribution in [0.1, 0.15) is 27.6 Å². The van der Waals surface area contributed by atoms with Gasteiger partial charge in [0.25, 0.3) is 5.91 Å². The van der Waals surface area contributed by atoms with E-state index in [9.17, 15) is 9.90 Å². The number of hydrogen-bond acceptors (Lipinski definition) is 5. The van der Waals surface area contributed by atoms with Crippen molar-refractivity contribution in [3.05, 3.63) is 82.0 Å². The van der Waals surface area contributed by atoms with Crippen molar-refractivity contribution >= 4 is 17.2 Å². The van der Waals surface area contributed by atoms with E-state index < -0.39 is 0 Å². The highest BCUT2D eigenvalue weighted by Gasteiger charge is 2.28. The van der Waals surface area contributed by atoms with Gasteiger partial charge in [-0.15, -0.1) is 0 Å². The average Bonchev–Trinajstić information content (AvgIpc) is 3.28. The van der Waals surface area contributed by atoms with Gasteiger partial charge in [-0.1, -0.05) is 30.3 Å². The lowest BCUT2D eigenvalue weighted by atomic mass is 10.1. The highest BCUT2D eigenvalue weighted by atomic mass is 32.1. The van der Waals surface area contributed by atoms with Gasteiger partial charge in [0.15, 0.2) is 0 Å². The summed E-state index contributed by atoms with van der Waals surface area (Å²) in [5.41, 5.74) is 2.36. The first-order chi connectivity index (χ1) is 13.7. The highest BCUT2D eigenvalue weighted by molar-refractivity contribution is 7.07. The Kier molecular flexibility index (Phi) is 5.60. The third-order valence-corrected chi connectivity index (χ3v) is 5.42. The third-order valence-electron chi connectivity index (χ3n) is 4.72. The fourth-order valence-corrected chi connectivity index (χ4v) is 3.88. The Morgan fingerprint density at radius 1 is 1.21 bits per heavy atom. The van der Waals surface area contributed by atoms with Crippen LogP contribution in [0.15, 0.2) is 65.4 Å². The van der Waals surface area contributed by atoms with Gasteiger partial charge in [-0.05, 0) is 46.2 Å². The van der Waals surface area contributed by atoms with Crippen molar-refractivity contribution in [3.63, 3.8) is 0 Å². The number of amides is 1. The Labute approximate surface area is 167 Å². The zero-order valence-corrected chi connectivity index (χ0v) is 16.1. The van der Waals surface area contributed by atoms with Gasteiger partial charge in [0.05, 0.1) is 18.7 Å². The van der Waals surface area contributed by atoms with Crippen molar-refractivity contribution in [2.24, 2.45) is 0 Å². The minimum atomic E-state index is -0.216. The monoisotopic (exact) mass is 395 g/mol. The van der Waals surface area contributed by atoms with E-state index >= 15 is 0 Å². The van der Waals surface area contributed by atoms with E-state index in [1.165, 1.54) is 6.07 Å². The number of phenolic OH excluding ortho intramolecular Hbond substituents is 1. The van der Waals surface area contributed by atoms with Gasteiger partial charge < -0.3 is 19.5 Å². The smallest absolute Gasteiger partial charge is 0.257 e. The van der Waals surface area contributed by atoms with Crippen molar-refractivity contribution < 1.29 is 19.4 Å². The minimum absolute atomic E-state index is 0.0457. The number of morpholine rings is 1. The number of hydrogen-bond donors (Lipinski definition) is 1. The predicted octanol–water partition coefficient (Wildman–Crippen LogP) is 4.25. The van der Waals surface area contributed by atoms with Crippen molar-refractivity contribution in [2.45, 2.75) is 12.7 Å². The van der Waals surface area contributed by atoms with Crippen molar-refractivity contribution in [3.8, 4) is 11.5 Å². The summed E-state index contributed by atoms with van der Waals surface area (Å²) in [6, 6.07) is 16.6. The zero-order chi connectivity index (χ0) is 19.3. The number of rotatable bonds is 5. The molecular weight excluding hydrogens is 374 g/mol. The van der Waals surface area contributed by atoms with Crippen molar-refractivity contribution in [1.82, 2.24) is 4.90 Å². The summed E-state index contributed by atoms with van der Waals surface area (Å²) >= 11 is 1.61. The first kappa shape index (κ1) is 18.5. The summed E-state index contributed by atoms with van der Waals surface area (Å²) in [5, 5.41) is 14.3. The normalized spacial score (nSPS) is 16.7. The topological polar surface area (TPSA) is 59.0 Å². The van der Waals surface area contributed by atoms with Gasteiger partial charge in [-0.3, -0.25) is 4.79 Å². The molecule has 0 bridgehead atoms. The largest absolute Gasteiger partial charge is 0.507 e. The molecule has 1 atom stereocenters. The molecule has 4 rings (SSSR count). The number of thiophene rings is 1. The molecule has 2 aromatic carbocycles. The zero-order valence-electron chi connectivity index (χ0n) is 15.3. The van der Waals surface area contributed by atoms with Crippen molar-refractivity contribution in [1.29, 1.82) is 0 Å². The maximum atomic E-state index is 13.0. The lowest BCUT2D eigenvalue weighted by Gasteiger charge is -2.33. The first-order valence-corrected chi connectivity index (χ1v) is 10.1. The molecule has 1 aliphatic rings. The quantitative estimate of drug-likeness (QED) is 0.702. The number of ether oxygens (including phenoxy) is 2. The number of nitrogens with zero attached hydrogens (tertiary/aromatic N) is 1. The van der Waals surface area contributed by atoms with Crippen LogP contribution >= 0.6 is 11.3 Å². The van der Waals surface area contributed by atoms with Crippen molar-refractivity contribution in [2.75, 3.05) is 19.7 Å². The molecule has 0 spiro atoms. The molecule has 0 radical (unpaired) electrons. The molecule has 0 unspecified atom stereocenters. The highest BCUT2D eigenvalue weighted by Crippen LogP contribution is 2.29.